The fraction of sp³-hybridized carbons (Fsp3) is 0.0625. The lowest BCUT2D eigenvalue weighted by Crippen LogP contribution is -2.16. The zero-order chi connectivity index (χ0) is 14.8. The van der Waals surface area contributed by atoms with Crippen molar-refractivity contribution in [2.24, 2.45) is 0 Å². The standard InChI is InChI=1S/C16H14N4O/c1-11-7-5-6-10-13(11)14-18-16(17)20(19-14)15(21)12-8-3-2-4-9-12/h2-10H,1H3,(H2,17,18,19). The highest BCUT2D eigenvalue weighted by atomic mass is 16.2. The van der Waals surface area contributed by atoms with Crippen molar-refractivity contribution in [1.29, 1.82) is 0 Å². The van der Waals surface area contributed by atoms with Gasteiger partial charge in [0.15, 0.2) is 5.82 Å². The molecule has 0 aliphatic rings. The highest BCUT2D eigenvalue weighted by Crippen LogP contribution is 2.21. The summed E-state index contributed by atoms with van der Waals surface area (Å²) in [4.78, 5) is 16.6. The zero-order valence-electron chi connectivity index (χ0n) is 11.5. The van der Waals surface area contributed by atoms with Crippen LogP contribution >= 0.6 is 0 Å². The molecule has 0 saturated carbocycles. The van der Waals surface area contributed by atoms with Gasteiger partial charge in [-0.3, -0.25) is 4.79 Å². The van der Waals surface area contributed by atoms with Gasteiger partial charge in [0, 0.05) is 11.1 Å². The molecule has 3 rings (SSSR count). The molecule has 2 N–H and O–H groups in total. The Labute approximate surface area is 122 Å². The van der Waals surface area contributed by atoms with Gasteiger partial charge in [-0.2, -0.15) is 9.67 Å². The highest BCUT2D eigenvalue weighted by Gasteiger charge is 2.17. The van der Waals surface area contributed by atoms with E-state index in [1.807, 2.05) is 37.3 Å². The summed E-state index contributed by atoms with van der Waals surface area (Å²) in [6, 6.07) is 16.6. The summed E-state index contributed by atoms with van der Waals surface area (Å²) in [5, 5.41) is 4.25. The van der Waals surface area contributed by atoms with Crippen molar-refractivity contribution in [2.45, 2.75) is 6.92 Å². The topological polar surface area (TPSA) is 73.8 Å². The maximum absolute atomic E-state index is 12.4. The van der Waals surface area contributed by atoms with E-state index in [0.717, 1.165) is 15.8 Å². The maximum Gasteiger partial charge on any atom is 0.281 e. The first-order valence-electron chi connectivity index (χ1n) is 6.55. The van der Waals surface area contributed by atoms with Crippen molar-refractivity contribution in [3.63, 3.8) is 0 Å². The maximum atomic E-state index is 12.4. The highest BCUT2D eigenvalue weighted by molar-refractivity contribution is 5.96. The van der Waals surface area contributed by atoms with Crippen LogP contribution in [-0.2, 0) is 0 Å². The summed E-state index contributed by atoms with van der Waals surface area (Å²) in [6.45, 7) is 1.96. The third-order valence-corrected chi connectivity index (χ3v) is 3.23. The SMILES string of the molecule is Cc1ccccc1-c1nc(N)n(C(=O)c2ccccc2)n1. The average molecular weight is 278 g/mol. The predicted molar refractivity (Wildman–Crippen MR) is 80.8 cm³/mol. The fourth-order valence-corrected chi connectivity index (χ4v) is 2.11. The van der Waals surface area contributed by atoms with E-state index in [-0.39, 0.29) is 11.9 Å². The molecule has 0 spiro atoms. The first-order valence-corrected chi connectivity index (χ1v) is 6.55. The number of aryl methyl sites for hydroxylation is 1. The summed E-state index contributed by atoms with van der Waals surface area (Å²) in [7, 11) is 0. The average Bonchev–Trinajstić information content (AvgIpc) is 2.89. The Balaban J connectivity index is 2.03. The van der Waals surface area contributed by atoms with Crippen LogP contribution in [-0.4, -0.2) is 20.7 Å². The van der Waals surface area contributed by atoms with Gasteiger partial charge >= 0.3 is 0 Å². The molecule has 104 valence electrons. The van der Waals surface area contributed by atoms with E-state index >= 15 is 0 Å². The van der Waals surface area contributed by atoms with Crippen LogP contribution < -0.4 is 5.73 Å². The van der Waals surface area contributed by atoms with E-state index in [1.165, 1.54) is 0 Å². The van der Waals surface area contributed by atoms with E-state index in [2.05, 4.69) is 10.1 Å². The molecule has 0 bridgehead atoms. The lowest BCUT2D eigenvalue weighted by Gasteiger charge is -2.01. The van der Waals surface area contributed by atoms with Gasteiger partial charge in [0.1, 0.15) is 0 Å². The van der Waals surface area contributed by atoms with Gasteiger partial charge in [0.05, 0.1) is 0 Å². The predicted octanol–water partition coefficient (Wildman–Crippen LogP) is 2.52. The number of rotatable bonds is 2. The van der Waals surface area contributed by atoms with Crippen LogP contribution in [0, 0.1) is 6.92 Å². The van der Waals surface area contributed by atoms with E-state index in [0.29, 0.717) is 11.4 Å². The third-order valence-electron chi connectivity index (χ3n) is 3.23. The summed E-state index contributed by atoms with van der Waals surface area (Å²) in [6.07, 6.45) is 0. The minimum absolute atomic E-state index is 0.0853. The molecule has 5 nitrogen and oxygen atoms in total. The molecule has 3 aromatic rings. The third kappa shape index (κ3) is 2.41. The number of benzene rings is 2. The van der Waals surface area contributed by atoms with Crippen molar-refractivity contribution in [3.8, 4) is 11.4 Å². The molecule has 0 amide bonds. The van der Waals surface area contributed by atoms with Crippen molar-refractivity contribution < 1.29 is 4.79 Å². The number of hydrogen-bond donors (Lipinski definition) is 1. The smallest absolute Gasteiger partial charge is 0.281 e. The molecular formula is C16H14N4O. The van der Waals surface area contributed by atoms with E-state index in [9.17, 15) is 4.79 Å². The fourth-order valence-electron chi connectivity index (χ4n) is 2.11. The van der Waals surface area contributed by atoms with Gasteiger partial charge in [-0.25, -0.2) is 0 Å². The second-order valence-electron chi connectivity index (χ2n) is 4.69. The second-order valence-corrected chi connectivity index (χ2v) is 4.69. The number of anilines is 1. The Morgan fingerprint density at radius 3 is 2.43 bits per heavy atom. The molecule has 0 aliphatic heterocycles. The van der Waals surface area contributed by atoms with E-state index < -0.39 is 0 Å². The van der Waals surface area contributed by atoms with Gasteiger partial charge < -0.3 is 5.73 Å². The van der Waals surface area contributed by atoms with Crippen molar-refractivity contribution >= 4 is 11.9 Å². The molecule has 1 aromatic heterocycles. The summed E-state index contributed by atoms with van der Waals surface area (Å²) in [5.41, 5.74) is 8.25. The molecule has 0 aliphatic carbocycles. The Bertz CT molecular complexity index is 793. The van der Waals surface area contributed by atoms with Crippen LogP contribution in [0.2, 0.25) is 0 Å². The summed E-state index contributed by atoms with van der Waals surface area (Å²) < 4.78 is 1.14. The number of aromatic nitrogens is 3. The lowest BCUT2D eigenvalue weighted by molar-refractivity contribution is 0.0948. The second kappa shape index (κ2) is 5.20. The van der Waals surface area contributed by atoms with Crippen LogP contribution in [0.1, 0.15) is 15.9 Å². The lowest BCUT2D eigenvalue weighted by atomic mass is 10.1. The zero-order valence-corrected chi connectivity index (χ0v) is 11.5. The molecule has 0 saturated heterocycles. The van der Waals surface area contributed by atoms with Gasteiger partial charge in [-0.15, -0.1) is 5.10 Å². The minimum Gasteiger partial charge on any atom is -0.368 e. The summed E-state index contributed by atoms with van der Waals surface area (Å²) >= 11 is 0. The van der Waals surface area contributed by atoms with Crippen molar-refractivity contribution in [2.75, 3.05) is 5.73 Å². The number of carbonyl (C=O) groups is 1. The number of nitrogens with two attached hydrogens (primary N) is 1. The minimum atomic E-state index is -0.291. The van der Waals surface area contributed by atoms with Crippen LogP contribution in [0.15, 0.2) is 54.6 Å². The monoisotopic (exact) mass is 278 g/mol. The Hall–Kier alpha value is -2.95. The van der Waals surface area contributed by atoms with E-state index in [1.54, 1.807) is 24.3 Å². The molecule has 0 radical (unpaired) electrons. The van der Waals surface area contributed by atoms with Crippen LogP contribution in [0.3, 0.4) is 0 Å². The molecule has 21 heavy (non-hydrogen) atoms. The molecular weight excluding hydrogens is 264 g/mol. The Kier molecular flexibility index (Phi) is 3.23. The van der Waals surface area contributed by atoms with Gasteiger partial charge in [0.25, 0.3) is 5.91 Å². The van der Waals surface area contributed by atoms with Crippen LogP contribution in [0.5, 0.6) is 0 Å². The molecule has 5 heteroatoms. The van der Waals surface area contributed by atoms with Crippen molar-refractivity contribution in [3.05, 3.63) is 65.7 Å². The number of nitrogen functional groups attached to an aromatic ring is 1. The van der Waals surface area contributed by atoms with E-state index in [4.69, 9.17) is 5.73 Å². The molecule has 0 fully saturated rings. The molecule has 1 heterocycles. The normalized spacial score (nSPS) is 10.5. The van der Waals surface area contributed by atoms with Gasteiger partial charge in [0.2, 0.25) is 5.95 Å². The quantitative estimate of drug-likeness (QED) is 0.781. The molecule has 0 atom stereocenters. The van der Waals surface area contributed by atoms with Crippen molar-refractivity contribution in [1.82, 2.24) is 14.8 Å². The molecule has 2 aromatic carbocycles. The Morgan fingerprint density at radius 2 is 1.71 bits per heavy atom. The van der Waals surface area contributed by atoms with Crippen LogP contribution in [0.25, 0.3) is 11.4 Å². The van der Waals surface area contributed by atoms with Crippen LogP contribution in [0.4, 0.5) is 5.95 Å². The number of nitrogens with zero attached hydrogens (tertiary/aromatic N) is 3. The first-order chi connectivity index (χ1) is 10.2. The summed E-state index contributed by atoms with van der Waals surface area (Å²) in [5.74, 6) is 0.248. The van der Waals surface area contributed by atoms with Gasteiger partial charge in [-0.05, 0) is 24.6 Å². The largest absolute Gasteiger partial charge is 0.368 e. The van der Waals surface area contributed by atoms with Gasteiger partial charge in [-0.1, -0.05) is 42.5 Å². The first kappa shape index (κ1) is 13.1. The number of carbonyl (C=O) groups excluding carboxylic acids is 1. The Morgan fingerprint density at radius 1 is 1.05 bits per heavy atom. The molecule has 0 unspecified atom stereocenters. The number of hydrogen-bond acceptors (Lipinski definition) is 4.